The number of rotatable bonds is 9. The second-order valence-electron chi connectivity index (χ2n) is 8.40. The van der Waals surface area contributed by atoms with Crippen molar-refractivity contribution in [3.63, 3.8) is 0 Å². The fourth-order valence-corrected chi connectivity index (χ4v) is 4.34. The zero-order valence-electron chi connectivity index (χ0n) is 19.2. The van der Waals surface area contributed by atoms with Gasteiger partial charge in [0.05, 0.1) is 17.6 Å². The average Bonchev–Trinajstić information content (AvgIpc) is 2.86. The average molecular weight is 449 g/mol. The summed E-state index contributed by atoms with van der Waals surface area (Å²) < 4.78 is 7.13. The van der Waals surface area contributed by atoms with E-state index in [2.05, 4.69) is 5.32 Å². The Balaban J connectivity index is 1.47. The Bertz CT molecular complexity index is 1120. The smallest absolute Gasteiger partial charge is 0.294 e. The molecule has 7 heteroatoms. The number of ether oxygens (including phenoxy) is 1. The van der Waals surface area contributed by atoms with Gasteiger partial charge in [0.25, 0.3) is 5.56 Å². The van der Waals surface area contributed by atoms with Crippen LogP contribution in [0.4, 0.5) is 5.82 Å². The first-order valence-electron chi connectivity index (χ1n) is 11.8. The Morgan fingerprint density at radius 3 is 2.58 bits per heavy atom. The molecule has 0 aliphatic carbocycles. The quantitative estimate of drug-likeness (QED) is 0.509. The molecule has 7 nitrogen and oxygen atoms in total. The van der Waals surface area contributed by atoms with Crippen LogP contribution in [0.1, 0.15) is 31.7 Å². The van der Waals surface area contributed by atoms with E-state index >= 15 is 0 Å². The number of nitrogens with one attached hydrogen (secondary N) is 1. The molecule has 3 aromatic rings. The Kier molecular flexibility index (Phi) is 7.73. The molecule has 1 saturated heterocycles. The summed E-state index contributed by atoms with van der Waals surface area (Å²) in [5, 5.41) is 3.02. The van der Waals surface area contributed by atoms with Gasteiger partial charge in [-0.15, -0.1) is 0 Å². The summed E-state index contributed by atoms with van der Waals surface area (Å²) in [4.78, 5) is 32.8. The van der Waals surface area contributed by atoms with Crippen LogP contribution in [0.15, 0.2) is 59.4 Å². The van der Waals surface area contributed by atoms with Crippen molar-refractivity contribution in [1.29, 1.82) is 0 Å². The van der Waals surface area contributed by atoms with Crippen molar-refractivity contribution < 1.29 is 9.53 Å². The molecule has 1 aliphatic rings. The third-order valence-corrected chi connectivity index (χ3v) is 6.15. The normalized spacial score (nSPS) is 14.5. The SMILES string of the molecule is CCOCCCNC(=O)C1CCN(c2nc3ccccc3n(Cc3ccccc3)c2=O)CC1. The van der Waals surface area contributed by atoms with Gasteiger partial charge in [-0.3, -0.25) is 14.2 Å². The first-order chi connectivity index (χ1) is 16.2. The number of hydrogen-bond acceptors (Lipinski definition) is 5. The third kappa shape index (κ3) is 5.60. The Morgan fingerprint density at radius 1 is 1.09 bits per heavy atom. The van der Waals surface area contributed by atoms with Crippen LogP contribution in [-0.2, 0) is 16.1 Å². The maximum atomic E-state index is 13.5. The lowest BCUT2D eigenvalue weighted by molar-refractivity contribution is -0.125. The maximum Gasteiger partial charge on any atom is 0.294 e. The van der Waals surface area contributed by atoms with E-state index in [1.165, 1.54) is 0 Å². The van der Waals surface area contributed by atoms with E-state index in [-0.39, 0.29) is 17.4 Å². The van der Waals surface area contributed by atoms with Gasteiger partial charge in [0.2, 0.25) is 5.91 Å². The van der Waals surface area contributed by atoms with Crippen molar-refractivity contribution in [3.8, 4) is 0 Å². The predicted octanol–water partition coefficient (Wildman–Crippen LogP) is 3.20. The van der Waals surface area contributed by atoms with E-state index in [0.717, 1.165) is 23.0 Å². The lowest BCUT2D eigenvalue weighted by Crippen LogP contribution is -2.43. The monoisotopic (exact) mass is 448 g/mol. The van der Waals surface area contributed by atoms with Crippen LogP contribution >= 0.6 is 0 Å². The first-order valence-corrected chi connectivity index (χ1v) is 11.8. The molecular formula is C26H32N4O3. The zero-order valence-corrected chi connectivity index (χ0v) is 19.2. The number of carbonyl (C=O) groups excluding carboxylic acids is 1. The Morgan fingerprint density at radius 2 is 1.82 bits per heavy atom. The number of fused-ring (bicyclic) bond motifs is 1. The van der Waals surface area contributed by atoms with Crippen LogP contribution in [0.5, 0.6) is 0 Å². The number of nitrogens with zero attached hydrogens (tertiary/aromatic N) is 3. The summed E-state index contributed by atoms with van der Waals surface area (Å²) in [6.07, 6.45) is 2.24. The topological polar surface area (TPSA) is 76.5 Å². The molecule has 1 amide bonds. The molecule has 0 atom stereocenters. The minimum absolute atomic E-state index is 0.0275. The van der Waals surface area contributed by atoms with E-state index in [4.69, 9.17) is 9.72 Å². The highest BCUT2D eigenvalue weighted by Gasteiger charge is 2.27. The van der Waals surface area contributed by atoms with Gasteiger partial charge in [-0.25, -0.2) is 4.98 Å². The Hall–Kier alpha value is -3.19. The van der Waals surface area contributed by atoms with Crippen LogP contribution < -0.4 is 15.8 Å². The number of amides is 1. The van der Waals surface area contributed by atoms with Crippen molar-refractivity contribution in [2.45, 2.75) is 32.7 Å². The van der Waals surface area contributed by atoms with Crippen molar-refractivity contribution >= 4 is 22.8 Å². The molecule has 33 heavy (non-hydrogen) atoms. The highest BCUT2D eigenvalue weighted by molar-refractivity contribution is 5.79. The molecule has 4 rings (SSSR count). The lowest BCUT2D eigenvalue weighted by atomic mass is 9.96. The first kappa shape index (κ1) is 23.0. The van der Waals surface area contributed by atoms with Crippen molar-refractivity contribution in [2.75, 3.05) is 37.7 Å². The number of anilines is 1. The molecule has 1 fully saturated rings. The molecule has 0 bridgehead atoms. The van der Waals surface area contributed by atoms with Gasteiger partial charge in [-0.2, -0.15) is 0 Å². The van der Waals surface area contributed by atoms with Gasteiger partial charge in [-0.05, 0) is 43.9 Å². The number of benzene rings is 2. The second kappa shape index (κ2) is 11.1. The fourth-order valence-electron chi connectivity index (χ4n) is 4.34. The fraction of sp³-hybridized carbons (Fsp3) is 0.423. The summed E-state index contributed by atoms with van der Waals surface area (Å²) in [5.74, 6) is 0.541. The molecule has 0 radical (unpaired) electrons. The molecule has 1 N–H and O–H groups in total. The van der Waals surface area contributed by atoms with Crippen molar-refractivity contribution in [1.82, 2.24) is 14.9 Å². The van der Waals surface area contributed by atoms with Gasteiger partial charge in [0, 0.05) is 38.8 Å². The largest absolute Gasteiger partial charge is 0.382 e. The highest BCUT2D eigenvalue weighted by atomic mass is 16.5. The number of carbonyl (C=O) groups is 1. The van der Waals surface area contributed by atoms with Crippen molar-refractivity contribution in [2.24, 2.45) is 5.92 Å². The van der Waals surface area contributed by atoms with Gasteiger partial charge in [0.15, 0.2) is 5.82 Å². The van der Waals surface area contributed by atoms with Gasteiger partial charge in [-0.1, -0.05) is 42.5 Å². The molecule has 174 valence electrons. The molecule has 0 unspecified atom stereocenters. The van der Waals surface area contributed by atoms with Gasteiger partial charge >= 0.3 is 0 Å². The van der Waals surface area contributed by atoms with Crippen molar-refractivity contribution in [3.05, 3.63) is 70.5 Å². The Labute approximate surface area is 194 Å². The number of aromatic nitrogens is 2. The maximum absolute atomic E-state index is 13.5. The zero-order chi connectivity index (χ0) is 23.0. The molecule has 1 aromatic heterocycles. The molecule has 0 spiro atoms. The van der Waals surface area contributed by atoms with Gasteiger partial charge in [0.1, 0.15) is 0 Å². The number of piperidine rings is 1. The second-order valence-corrected chi connectivity index (χ2v) is 8.40. The lowest BCUT2D eigenvalue weighted by Gasteiger charge is -2.32. The molecule has 2 heterocycles. The summed E-state index contributed by atoms with van der Waals surface area (Å²) in [5.41, 5.74) is 2.62. The van der Waals surface area contributed by atoms with E-state index < -0.39 is 0 Å². The summed E-state index contributed by atoms with van der Waals surface area (Å²) >= 11 is 0. The van der Waals surface area contributed by atoms with E-state index in [1.807, 2.05) is 71.0 Å². The van der Waals surface area contributed by atoms with Crippen LogP contribution in [0.25, 0.3) is 11.0 Å². The molecule has 0 saturated carbocycles. The van der Waals surface area contributed by atoms with E-state index in [9.17, 15) is 9.59 Å². The minimum Gasteiger partial charge on any atom is -0.382 e. The molecular weight excluding hydrogens is 416 g/mol. The molecule has 1 aliphatic heterocycles. The van der Waals surface area contributed by atoms with Crippen LogP contribution in [0.3, 0.4) is 0 Å². The molecule has 2 aromatic carbocycles. The van der Waals surface area contributed by atoms with Gasteiger partial charge < -0.3 is 15.0 Å². The predicted molar refractivity (Wildman–Crippen MR) is 131 cm³/mol. The highest BCUT2D eigenvalue weighted by Crippen LogP contribution is 2.22. The minimum atomic E-state index is -0.0867. The van der Waals surface area contributed by atoms with E-state index in [0.29, 0.717) is 58.1 Å². The summed E-state index contributed by atoms with van der Waals surface area (Å²) in [6, 6.07) is 17.8. The van der Waals surface area contributed by atoms with Crippen LogP contribution in [-0.4, -0.2) is 48.3 Å². The number of para-hydroxylation sites is 2. The van der Waals surface area contributed by atoms with Crippen LogP contribution in [0, 0.1) is 5.92 Å². The summed E-state index contributed by atoms with van der Waals surface area (Å²) in [7, 11) is 0. The van der Waals surface area contributed by atoms with Crippen LogP contribution in [0.2, 0.25) is 0 Å². The third-order valence-electron chi connectivity index (χ3n) is 6.15. The summed E-state index contributed by atoms with van der Waals surface area (Å²) in [6.45, 7) is 5.74. The number of hydrogen-bond donors (Lipinski definition) is 1. The standard InChI is InChI=1S/C26H32N4O3/c1-2-33-18-8-15-27-25(31)21-13-16-29(17-14-21)24-26(32)30(19-20-9-4-3-5-10-20)23-12-7-6-11-22(23)28-24/h3-7,9-12,21H,2,8,13-19H2,1H3,(H,27,31). The van der Waals surface area contributed by atoms with E-state index in [1.54, 1.807) is 0 Å².